The van der Waals surface area contributed by atoms with Crippen LogP contribution >= 0.6 is 0 Å². The van der Waals surface area contributed by atoms with Crippen molar-refractivity contribution < 1.29 is 5.11 Å². The van der Waals surface area contributed by atoms with Gasteiger partial charge in [0.25, 0.3) is 0 Å². The second-order valence-corrected chi connectivity index (χ2v) is 13.2. The van der Waals surface area contributed by atoms with E-state index in [0.717, 1.165) is 24.2 Å². The van der Waals surface area contributed by atoms with Crippen LogP contribution in [0.5, 0.6) is 0 Å². The Kier molecular flexibility index (Phi) is 6.65. The summed E-state index contributed by atoms with van der Waals surface area (Å²) < 4.78 is 0. The van der Waals surface area contributed by atoms with Gasteiger partial charge in [0.15, 0.2) is 0 Å². The summed E-state index contributed by atoms with van der Waals surface area (Å²) in [5.74, 6) is 5.20. The van der Waals surface area contributed by atoms with Crippen molar-refractivity contribution in [2.75, 3.05) is 0 Å². The first-order valence-electron chi connectivity index (χ1n) is 13.7. The molecule has 0 bridgehead atoms. The fraction of sp³-hybridized carbons (Fsp3) is 0.806. The molecule has 0 saturated heterocycles. The lowest BCUT2D eigenvalue weighted by Crippen LogP contribution is -2.52. The topological polar surface area (TPSA) is 20.2 Å². The number of aliphatic hydroxyl groups is 1. The zero-order valence-corrected chi connectivity index (χ0v) is 22.0. The predicted molar refractivity (Wildman–Crippen MR) is 137 cm³/mol. The number of rotatable bonds is 5. The van der Waals surface area contributed by atoms with Crippen LogP contribution in [0.4, 0.5) is 0 Å². The van der Waals surface area contributed by atoms with E-state index in [1.165, 1.54) is 44.1 Å². The SMILES string of the molecule is C=C(C)C(C=CC(C)C1CCC2C3=CCC4C(C)C(O)CCC4(C)C3CCC21C)C(C)C. The molecule has 3 saturated carbocycles. The van der Waals surface area contributed by atoms with Crippen molar-refractivity contribution in [3.05, 3.63) is 36.0 Å². The van der Waals surface area contributed by atoms with Crippen LogP contribution in [-0.2, 0) is 0 Å². The Balaban J connectivity index is 1.55. The predicted octanol–water partition coefficient (Wildman–Crippen LogP) is 8.21. The maximum atomic E-state index is 10.5. The molecule has 0 radical (unpaired) electrons. The average Bonchev–Trinajstić information content (AvgIpc) is 3.08. The van der Waals surface area contributed by atoms with E-state index in [1.54, 1.807) is 0 Å². The second-order valence-electron chi connectivity index (χ2n) is 13.2. The van der Waals surface area contributed by atoms with Gasteiger partial charge < -0.3 is 5.11 Å². The van der Waals surface area contributed by atoms with Crippen molar-refractivity contribution in [2.24, 2.45) is 58.2 Å². The number of hydrogen-bond acceptors (Lipinski definition) is 1. The quantitative estimate of drug-likeness (QED) is 0.429. The number of hydrogen-bond donors (Lipinski definition) is 1. The van der Waals surface area contributed by atoms with Crippen molar-refractivity contribution in [3.63, 3.8) is 0 Å². The standard InChI is InChI=1S/C31H50O/c1-19(2)23(20(3)4)10-9-21(5)25-13-14-27-24-11-12-26-22(6)29(32)16-18-31(26,8)28(24)15-17-30(25,27)7/h9-11,20-23,25-29,32H,1,12-18H2,2-8H3. The Morgan fingerprint density at radius 1 is 1.03 bits per heavy atom. The molecule has 180 valence electrons. The van der Waals surface area contributed by atoms with Gasteiger partial charge >= 0.3 is 0 Å². The van der Waals surface area contributed by atoms with Crippen molar-refractivity contribution in [1.29, 1.82) is 0 Å². The Morgan fingerprint density at radius 3 is 2.34 bits per heavy atom. The van der Waals surface area contributed by atoms with Crippen molar-refractivity contribution >= 4 is 0 Å². The molecule has 0 aromatic heterocycles. The minimum Gasteiger partial charge on any atom is -0.393 e. The van der Waals surface area contributed by atoms with Crippen LogP contribution in [0.1, 0.15) is 93.4 Å². The van der Waals surface area contributed by atoms with Gasteiger partial charge in [0, 0.05) is 0 Å². The molecule has 0 heterocycles. The summed E-state index contributed by atoms with van der Waals surface area (Å²) >= 11 is 0. The van der Waals surface area contributed by atoms with Crippen LogP contribution in [0.3, 0.4) is 0 Å². The van der Waals surface area contributed by atoms with Crippen LogP contribution in [0, 0.1) is 58.2 Å². The minimum atomic E-state index is -0.0887. The van der Waals surface area contributed by atoms with E-state index in [1.807, 2.05) is 5.57 Å². The molecule has 10 atom stereocenters. The molecule has 4 rings (SSSR count). The van der Waals surface area contributed by atoms with E-state index >= 15 is 0 Å². The van der Waals surface area contributed by atoms with Gasteiger partial charge in [0.2, 0.25) is 0 Å². The van der Waals surface area contributed by atoms with Gasteiger partial charge in [0.1, 0.15) is 0 Å². The summed E-state index contributed by atoms with van der Waals surface area (Å²) in [5, 5.41) is 10.5. The largest absolute Gasteiger partial charge is 0.393 e. The van der Waals surface area contributed by atoms with Crippen molar-refractivity contribution in [1.82, 2.24) is 0 Å². The first kappa shape index (κ1) is 24.3. The van der Waals surface area contributed by atoms with Gasteiger partial charge in [0.05, 0.1) is 6.10 Å². The lowest BCUT2D eigenvalue weighted by atomic mass is 9.46. The van der Waals surface area contributed by atoms with Crippen LogP contribution in [0.2, 0.25) is 0 Å². The molecule has 4 aliphatic rings. The molecule has 0 aliphatic heterocycles. The van der Waals surface area contributed by atoms with E-state index in [4.69, 9.17) is 0 Å². The number of allylic oxidation sites excluding steroid dienone is 5. The van der Waals surface area contributed by atoms with Crippen LogP contribution < -0.4 is 0 Å². The smallest absolute Gasteiger partial charge is 0.0568 e. The highest BCUT2D eigenvalue weighted by molar-refractivity contribution is 5.28. The van der Waals surface area contributed by atoms with Gasteiger partial charge in [-0.25, -0.2) is 0 Å². The first-order valence-corrected chi connectivity index (χ1v) is 13.7. The van der Waals surface area contributed by atoms with Crippen LogP contribution in [-0.4, -0.2) is 11.2 Å². The fourth-order valence-electron chi connectivity index (χ4n) is 9.23. The molecule has 0 spiro atoms. The van der Waals surface area contributed by atoms with Gasteiger partial charge in [-0.05, 0) is 110 Å². The van der Waals surface area contributed by atoms with Crippen molar-refractivity contribution in [3.8, 4) is 0 Å². The van der Waals surface area contributed by atoms with Gasteiger partial charge in [-0.3, -0.25) is 0 Å². The highest BCUT2D eigenvalue weighted by atomic mass is 16.3. The maximum Gasteiger partial charge on any atom is 0.0568 e. The molecule has 10 unspecified atom stereocenters. The Hall–Kier alpha value is -0.820. The molecular weight excluding hydrogens is 388 g/mol. The fourth-order valence-corrected chi connectivity index (χ4v) is 9.23. The highest BCUT2D eigenvalue weighted by Gasteiger charge is 2.59. The molecule has 1 nitrogen and oxygen atoms in total. The molecule has 1 N–H and O–H groups in total. The van der Waals surface area contributed by atoms with Gasteiger partial charge in [-0.15, -0.1) is 0 Å². The second kappa shape index (κ2) is 8.75. The highest BCUT2D eigenvalue weighted by Crippen LogP contribution is 2.67. The summed E-state index contributed by atoms with van der Waals surface area (Å²) in [6.45, 7) is 21.1. The number of aliphatic hydroxyl groups excluding tert-OH is 1. The minimum absolute atomic E-state index is 0.0887. The molecule has 3 fully saturated rings. The molecule has 0 amide bonds. The van der Waals surface area contributed by atoms with Crippen LogP contribution in [0.25, 0.3) is 0 Å². The zero-order valence-electron chi connectivity index (χ0n) is 22.0. The van der Waals surface area contributed by atoms with E-state index in [9.17, 15) is 5.11 Å². The third kappa shape index (κ3) is 3.79. The molecule has 0 aromatic carbocycles. The normalized spacial score (nSPS) is 45.7. The summed E-state index contributed by atoms with van der Waals surface area (Å²) in [6, 6.07) is 0. The van der Waals surface area contributed by atoms with E-state index in [-0.39, 0.29) is 6.10 Å². The molecule has 1 heteroatoms. The molecule has 4 aliphatic carbocycles. The van der Waals surface area contributed by atoms with Crippen LogP contribution in [0.15, 0.2) is 36.0 Å². The number of fused-ring (bicyclic) bond motifs is 5. The lowest BCUT2D eigenvalue weighted by molar-refractivity contribution is -0.0767. The lowest BCUT2D eigenvalue weighted by Gasteiger charge is -2.59. The van der Waals surface area contributed by atoms with E-state index < -0.39 is 0 Å². The van der Waals surface area contributed by atoms with E-state index in [2.05, 4.69) is 73.3 Å². The average molecular weight is 439 g/mol. The van der Waals surface area contributed by atoms with Gasteiger partial charge in [-0.1, -0.05) is 77.5 Å². The summed E-state index contributed by atoms with van der Waals surface area (Å²) in [4.78, 5) is 0. The van der Waals surface area contributed by atoms with Gasteiger partial charge in [-0.2, -0.15) is 0 Å². The molecule has 0 aromatic rings. The summed E-state index contributed by atoms with van der Waals surface area (Å²) in [6.07, 6.45) is 16.5. The third-order valence-corrected chi connectivity index (χ3v) is 11.2. The molecule has 32 heavy (non-hydrogen) atoms. The maximum absolute atomic E-state index is 10.5. The summed E-state index contributed by atoms with van der Waals surface area (Å²) in [7, 11) is 0. The Bertz CT molecular complexity index is 773. The zero-order chi connectivity index (χ0) is 23.4. The first-order chi connectivity index (χ1) is 15.0. The van der Waals surface area contributed by atoms with Crippen molar-refractivity contribution in [2.45, 2.75) is 99.5 Å². The summed E-state index contributed by atoms with van der Waals surface area (Å²) in [5.41, 5.74) is 3.98. The Labute approximate surface area is 198 Å². The Morgan fingerprint density at radius 2 is 1.69 bits per heavy atom. The van der Waals surface area contributed by atoms with E-state index in [0.29, 0.717) is 40.4 Å². The third-order valence-electron chi connectivity index (χ3n) is 11.2. The molecular formula is C31H50O. The monoisotopic (exact) mass is 438 g/mol.